The molecule has 3 atom stereocenters. The van der Waals surface area contributed by atoms with Gasteiger partial charge < -0.3 is 19.5 Å². The molecule has 0 saturated carbocycles. The van der Waals surface area contributed by atoms with Crippen molar-refractivity contribution in [2.45, 2.75) is 51.7 Å². The van der Waals surface area contributed by atoms with Crippen LogP contribution >= 0.6 is 0 Å². The van der Waals surface area contributed by atoms with Crippen LogP contribution in [0.3, 0.4) is 0 Å². The van der Waals surface area contributed by atoms with Gasteiger partial charge in [-0.05, 0) is 35.7 Å². The van der Waals surface area contributed by atoms with Gasteiger partial charge in [0.25, 0.3) is 0 Å². The molecule has 31 heavy (non-hydrogen) atoms. The molecule has 0 aromatic heterocycles. The molecule has 1 aliphatic carbocycles. The number of nitrogens with zero attached hydrogens (tertiary/aromatic N) is 1. The molecule has 0 bridgehead atoms. The van der Waals surface area contributed by atoms with Crippen molar-refractivity contribution < 1.29 is 19.4 Å². The van der Waals surface area contributed by atoms with Gasteiger partial charge in [0.15, 0.2) is 11.5 Å². The summed E-state index contributed by atoms with van der Waals surface area (Å²) in [6.45, 7) is 6.73. The number of hydrogen-bond acceptors (Lipinski definition) is 4. The summed E-state index contributed by atoms with van der Waals surface area (Å²) in [5.74, 6) is 1.43. The largest absolute Gasteiger partial charge is 0.493 e. The van der Waals surface area contributed by atoms with Gasteiger partial charge in [-0.1, -0.05) is 44.2 Å². The molecule has 1 heterocycles. The second-order valence-electron chi connectivity index (χ2n) is 9.07. The van der Waals surface area contributed by atoms with E-state index in [9.17, 15) is 9.90 Å². The van der Waals surface area contributed by atoms with Crippen LogP contribution in [0, 0.1) is 11.8 Å². The van der Waals surface area contributed by atoms with E-state index >= 15 is 0 Å². The minimum absolute atomic E-state index is 0.00285. The van der Waals surface area contributed by atoms with Gasteiger partial charge in [-0.2, -0.15) is 0 Å². The minimum atomic E-state index is -0.553. The second-order valence-corrected chi connectivity index (χ2v) is 9.07. The zero-order valence-corrected chi connectivity index (χ0v) is 18.8. The molecule has 2 aromatic carbocycles. The minimum Gasteiger partial charge on any atom is -0.493 e. The van der Waals surface area contributed by atoms with Crippen LogP contribution < -0.4 is 9.47 Å². The van der Waals surface area contributed by atoms with E-state index in [0.717, 1.165) is 24.2 Å². The quantitative estimate of drug-likeness (QED) is 0.770. The molecule has 5 heteroatoms. The predicted molar refractivity (Wildman–Crippen MR) is 120 cm³/mol. The van der Waals surface area contributed by atoms with Crippen molar-refractivity contribution >= 4 is 5.91 Å². The summed E-state index contributed by atoms with van der Waals surface area (Å²) in [5, 5.41) is 10.6. The van der Waals surface area contributed by atoms with Gasteiger partial charge in [0.1, 0.15) is 6.10 Å². The van der Waals surface area contributed by atoms with E-state index in [1.54, 1.807) is 20.5 Å². The topological polar surface area (TPSA) is 59.0 Å². The number of rotatable bonds is 6. The predicted octanol–water partition coefficient (Wildman–Crippen LogP) is 3.78. The number of amides is 1. The first-order valence-corrected chi connectivity index (χ1v) is 11.0. The van der Waals surface area contributed by atoms with E-state index < -0.39 is 11.5 Å². The summed E-state index contributed by atoms with van der Waals surface area (Å²) < 4.78 is 12.0. The Hall–Kier alpha value is -2.53. The molecule has 1 N–H and O–H groups in total. The molecule has 4 rings (SSSR count). The van der Waals surface area contributed by atoms with Gasteiger partial charge in [0.2, 0.25) is 5.91 Å². The lowest BCUT2D eigenvalue weighted by molar-refractivity contribution is -0.127. The average molecular weight is 423 g/mol. The van der Waals surface area contributed by atoms with Crippen molar-refractivity contribution in [1.29, 1.82) is 0 Å². The summed E-state index contributed by atoms with van der Waals surface area (Å²) in [6.07, 6.45) is 2.87. The maximum atomic E-state index is 12.4. The molecule has 2 aromatic rings. The summed E-state index contributed by atoms with van der Waals surface area (Å²) in [5.41, 5.74) is 3.30. The molecule has 1 aliphatic heterocycles. The van der Waals surface area contributed by atoms with Gasteiger partial charge in [-0.15, -0.1) is 0 Å². The Kier molecular flexibility index (Phi) is 5.98. The van der Waals surface area contributed by atoms with Crippen LogP contribution in [0.4, 0.5) is 0 Å². The fourth-order valence-electron chi connectivity index (χ4n) is 5.06. The molecule has 1 fully saturated rings. The fraction of sp³-hybridized carbons (Fsp3) is 0.462. The number of aliphatic hydroxyl groups excluding tert-OH is 1. The molecule has 5 nitrogen and oxygen atoms in total. The number of aliphatic hydroxyl groups is 1. The highest BCUT2D eigenvalue weighted by atomic mass is 16.5. The molecule has 165 valence electrons. The normalized spacial score (nSPS) is 24.2. The molecule has 1 amide bonds. The Morgan fingerprint density at radius 3 is 2.45 bits per heavy atom. The molecule has 0 unspecified atom stereocenters. The van der Waals surface area contributed by atoms with Crippen LogP contribution in [0.1, 0.15) is 43.4 Å². The summed E-state index contributed by atoms with van der Waals surface area (Å²) in [7, 11) is 1.65. The highest BCUT2D eigenvalue weighted by Crippen LogP contribution is 2.47. The van der Waals surface area contributed by atoms with Crippen LogP contribution in [0.2, 0.25) is 0 Å². The van der Waals surface area contributed by atoms with Crippen molar-refractivity contribution in [3.05, 3.63) is 65.6 Å². The van der Waals surface area contributed by atoms with Crippen molar-refractivity contribution in [2.24, 2.45) is 5.41 Å². The molecule has 1 saturated heterocycles. The number of carbonyl (C=O) groups is 1. The SMILES string of the molecule is C[CH]C(=O)N1C[C@@H](c2ccc(OC)c(OC3Cc4ccccc4C3)c2)[C@](C)([C@@H](C)O)C1. The van der Waals surface area contributed by atoms with E-state index in [-0.39, 0.29) is 17.9 Å². The van der Waals surface area contributed by atoms with Crippen molar-refractivity contribution in [3.8, 4) is 11.5 Å². The van der Waals surface area contributed by atoms with Gasteiger partial charge in [-0.3, -0.25) is 4.79 Å². The van der Waals surface area contributed by atoms with Crippen LogP contribution in [0.25, 0.3) is 0 Å². The number of likely N-dealkylation sites (tertiary alicyclic amines) is 1. The zero-order chi connectivity index (χ0) is 22.2. The van der Waals surface area contributed by atoms with Gasteiger partial charge in [0.05, 0.1) is 13.2 Å². The van der Waals surface area contributed by atoms with Gasteiger partial charge >= 0.3 is 0 Å². The highest BCUT2D eigenvalue weighted by molar-refractivity contribution is 5.84. The zero-order valence-electron chi connectivity index (χ0n) is 18.8. The Labute approximate surface area is 185 Å². The molecular formula is C26H32NO4. The first-order chi connectivity index (χ1) is 14.9. The molecule has 1 radical (unpaired) electrons. The van der Waals surface area contributed by atoms with Crippen LogP contribution in [-0.2, 0) is 17.6 Å². The lowest BCUT2D eigenvalue weighted by Crippen LogP contribution is -2.38. The number of ether oxygens (including phenoxy) is 2. The summed E-state index contributed by atoms with van der Waals surface area (Å²) in [4.78, 5) is 14.2. The van der Waals surface area contributed by atoms with Crippen LogP contribution in [-0.4, -0.2) is 48.3 Å². The van der Waals surface area contributed by atoms with E-state index in [4.69, 9.17) is 9.47 Å². The standard InChI is InChI=1S/C26H32NO4/c1-5-25(29)27-15-22(26(3,16-27)17(2)28)20-10-11-23(30-4)24(14-20)31-21-12-18-8-6-7-9-19(18)13-21/h5-11,14,17,21-22,28H,12-13,15-16H2,1-4H3/t17-,22+,26+/m1/s1. The average Bonchev–Trinajstić information content (AvgIpc) is 3.34. The van der Waals surface area contributed by atoms with Crippen LogP contribution in [0.5, 0.6) is 11.5 Å². The fourth-order valence-corrected chi connectivity index (χ4v) is 5.06. The maximum Gasteiger partial charge on any atom is 0.226 e. The Morgan fingerprint density at radius 1 is 1.19 bits per heavy atom. The van der Waals surface area contributed by atoms with E-state index in [1.807, 2.05) is 30.0 Å². The Balaban J connectivity index is 1.61. The number of methoxy groups -OCH3 is 1. The third-order valence-electron chi connectivity index (χ3n) is 7.14. The molecular weight excluding hydrogens is 390 g/mol. The third-order valence-corrected chi connectivity index (χ3v) is 7.14. The first kappa shape index (κ1) is 21.7. The smallest absolute Gasteiger partial charge is 0.226 e. The monoisotopic (exact) mass is 422 g/mol. The van der Waals surface area contributed by atoms with Crippen LogP contribution in [0.15, 0.2) is 42.5 Å². The van der Waals surface area contributed by atoms with Gasteiger partial charge in [0, 0.05) is 43.7 Å². The summed E-state index contributed by atoms with van der Waals surface area (Å²) in [6, 6.07) is 14.5. The lowest BCUT2D eigenvalue weighted by atomic mass is 9.72. The maximum absolute atomic E-state index is 12.4. The Bertz CT molecular complexity index is 931. The number of hydrogen-bond donors (Lipinski definition) is 1. The number of fused-ring (bicyclic) bond motifs is 1. The molecule has 2 aliphatic rings. The van der Waals surface area contributed by atoms with Crippen molar-refractivity contribution in [3.63, 3.8) is 0 Å². The Morgan fingerprint density at radius 2 is 1.87 bits per heavy atom. The van der Waals surface area contributed by atoms with E-state index in [0.29, 0.717) is 18.8 Å². The first-order valence-electron chi connectivity index (χ1n) is 11.0. The summed E-state index contributed by atoms with van der Waals surface area (Å²) >= 11 is 0. The van der Waals surface area contributed by atoms with Crippen molar-refractivity contribution in [2.75, 3.05) is 20.2 Å². The highest BCUT2D eigenvalue weighted by Gasteiger charge is 2.48. The van der Waals surface area contributed by atoms with E-state index in [2.05, 4.69) is 31.2 Å². The molecule has 0 spiro atoms. The number of carbonyl (C=O) groups excluding carboxylic acids is 1. The van der Waals surface area contributed by atoms with Gasteiger partial charge in [-0.25, -0.2) is 0 Å². The second kappa shape index (κ2) is 8.54. The van der Waals surface area contributed by atoms with E-state index in [1.165, 1.54) is 11.1 Å². The van der Waals surface area contributed by atoms with Crippen molar-refractivity contribution in [1.82, 2.24) is 4.90 Å². The lowest BCUT2D eigenvalue weighted by Gasteiger charge is -2.34. The third kappa shape index (κ3) is 4.03. The number of benzene rings is 2.